The largest absolute Gasteiger partial charge is 0.508 e. The molecule has 3 rings (SSSR count). The second-order valence-corrected chi connectivity index (χ2v) is 7.09. The van der Waals surface area contributed by atoms with Gasteiger partial charge in [0.1, 0.15) is 24.0 Å². The van der Waals surface area contributed by atoms with E-state index >= 15 is 0 Å². The second kappa shape index (κ2) is 10.7. The van der Waals surface area contributed by atoms with E-state index in [1.807, 2.05) is 38.1 Å². The molecule has 0 aliphatic carbocycles. The van der Waals surface area contributed by atoms with Gasteiger partial charge in [0.15, 0.2) is 11.5 Å². The van der Waals surface area contributed by atoms with Crippen LogP contribution in [0.25, 0.3) is 6.08 Å². The van der Waals surface area contributed by atoms with Crippen LogP contribution >= 0.6 is 0 Å². The molecule has 0 unspecified atom stereocenters. The fraction of sp³-hybridized carbons (Fsp3) is 0.154. The zero-order valence-electron chi connectivity index (χ0n) is 18.0. The molecule has 1 amide bonds. The molecule has 32 heavy (non-hydrogen) atoms. The van der Waals surface area contributed by atoms with Crippen molar-refractivity contribution in [2.75, 3.05) is 11.9 Å². The lowest BCUT2D eigenvalue weighted by Gasteiger charge is -2.13. The monoisotopic (exact) mass is 428 g/mol. The number of phenolic OH excluding ortho intramolecular Hbond substituents is 1. The molecule has 0 heterocycles. The molecule has 2 N–H and O–H groups in total. The number of nitrogens with zero attached hydrogens (tertiary/aromatic N) is 1. The highest BCUT2D eigenvalue weighted by molar-refractivity contribution is 6.09. The first-order valence-corrected chi connectivity index (χ1v) is 10.2. The first-order valence-electron chi connectivity index (χ1n) is 10.2. The number of anilines is 1. The Balaban J connectivity index is 1.77. The zero-order chi connectivity index (χ0) is 22.9. The lowest BCUT2D eigenvalue weighted by molar-refractivity contribution is -0.112. The number of aryl methyl sites for hydroxylation is 1. The number of hydrogen-bond acceptors (Lipinski definition) is 5. The van der Waals surface area contributed by atoms with Gasteiger partial charge in [-0.15, -0.1) is 0 Å². The molecular weight excluding hydrogens is 404 g/mol. The molecule has 0 saturated heterocycles. The normalized spacial score (nSPS) is 10.8. The van der Waals surface area contributed by atoms with E-state index in [1.165, 1.54) is 18.2 Å². The molecule has 6 heteroatoms. The Hall–Kier alpha value is -4.24. The van der Waals surface area contributed by atoms with Gasteiger partial charge in [0.05, 0.1) is 6.61 Å². The minimum atomic E-state index is -0.545. The first-order chi connectivity index (χ1) is 15.5. The smallest absolute Gasteiger partial charge is 0.266 e. The van der Waals surface area contributed by atoms with E-state index in [0.717, 1.165) is 11.1 Å². The van der Waals surface area contributed by atoms with Crippen LogP contribution in [-0.2, 0) is 11.4 Å². The predicted octanol–water partition coefficient (Wildman–Crippen LogP) is 5.22. The summed E-state index contributed by atoms with van der Waals surface area (Å²) in [6.07, 6.45) is 1.49. The first kappa shape index (κ1) is 22.4. The van der Waals surface area contributed by atoms with E-state index < -0.39 is 5.91 Å². The number of aromatic hydroxyl groups is 1. The summed E-state index contributed by atoms with van der Waals surface area (Å²) in [4.78, 5) is 12.5. The van der Waals surface area contributed by atoms with Crippen molar-refractivity contribution in [3.8, 4) is 23.3 Å². The van der Waals surface area contributed by atoms with Crippen LogP contribution in [0.3, 0.4) is 0 Å². The third kappa shape index (κ3) is 6.13. The van der Waals surface area contributed by atoms with Crippen molar-refractivity contribution in [1.82, 2.24) is 0 Å². The number of carbonyl (C=O) groups excluding carboxylic acids is 1. The van der Waals surface area contributed by atoms with Crippen LogP contribution in [0, 0.1) is 18.3 Å². The molecule has 0 spiro atoms. The van der Waals surface area contributed by atoms with Crippen LogP contribution in [-0.4, -0.2) is 17.6 Å². The highest BCUT2D eigenvalue weighted by atomic mass is 16.5. The molecule has 162 valence electrons. The van der Waals surface area contributed by atoms with Gasteiger partial charge in [0, 0.05) is 5.69 Å². The Morgan fingerprint density at radius 3 is 2.53 bits per heavy atom. The van der Waals surface area contributed by atoms with Crippen molar-refractivity contribution >= 4 is 17.7 Å². The Labute approximate surface area is 187 Å². The quantitative estimate of drug-likeness (QED) is 0.291. The minimum Gasteiger partial charge on any atom is -0.508 e. The highest BCUT2D eigenvalue weighted by Crippen LogP contribution is 2.30. The maximum Gasteiger partial charge on any atom is 0.266 e. The summed E-state index contributed by atoms with van der Waals surface area (Å²) in [5, 5.41) is 21.5. The topological polar surface area (TPSA) is 91.6 Å². The summed E-state index contributed by atoms with van der Waals surface area (Å²) in [5.41, 5.74) is 3.26. The van der Waals surface area contributed by atoms with E-state index in [-0.39, 0.29) is 11.3 Å². The third-order valence-corrected chi connectivity index (χ3v) is 4.55. The minimum absolute atomic E-state index is 0.0612. The summed E-state index contributed by atoms with van der Waals surface area (Å²) >= 11 is 0. The zero-order valence-corrected chi connectivity index (χ0v) is 18.0. The number of rotatable bonds is 8. The molecule has 0 saturated carbocycles. The summed E-state index contributed by atoms with van der Waals surface area (Å²) in [6, 6.07) is 21.3. The lowest BCUT2D eigenvalue weighted by Crippen LogP contribution is -2.13. The Kier molecular flexibility index (Phi) is 7.50. The Morgan fingerprint density at radius 2 is 1.84 bits per heavy atom. The molecule has 0 radical (unpaired) electrons. The van der Waals surface area contributed by atoms with Crippen LogP contribution in [0.4, 0.5) is 5.69 Å². The van der Waals surface area contributed by atoms with Gasteiger partial charge in [0.25, 0.3) is 5.91 Å². The molecule has 0 aliphatic heterocycles. The molecule has 0 bridgehead atoms. The van der Waals surface area contributed by atoms with Crippen LogP contribution in [0.15, 0.2) is 72.3 Å². The number of carbonyl (C=O) groups is 1. The van der Waals surface area contributed by atoms with Crippen LogP contribution in [0.2, 0.25) is 0 Å². The van der Waals surface area contributed by atoms with Crippen molar-refractivity contribution in [2.45, 2.75) is 20.5 Å². The number of nitrogens with one attached hydrogen (secondary N) is 1. The van der Waals surface area contributed by atoms with Crippen molar-refractivity contribution < 1.29 is 19.4 Å². The lowest BCUT2D eigenvalue weighted by atomic mass is 10.1. The van der Waals surface area contributed by atoms with Gasteiger partial charge in [0.2, 0.25) is 0 Å². The molecule has 3 aromatic rings. The second-order valence-electron chi connectivity index (χ2n) is 7.09. The summed E-state index contributed by atoms with van der Waals surface area (Å²) < 4.78 is 11.7. The Bertz CT molecular complexity index is 1160. The van der Waals surface area contributed by atoms with Crippen LogP contribution in [0.5, 0.6) is 17.2 Å². The fourth-order valence-corrected chi connectivity index (χ4v) is 3.02. The van der Waals surface area contributed by atoms with Gasteiger partial charge in [-0.1, -0.05) is 35.9 Å². The Morgan fingerprint density at radius 1 is 1.06 bits per heavy atom. The van der Waals surface area contributed by atoms with Crippen molar-refractivity contribution in [1.29, 1.82) is 5.26 Å². The van der Waals surface area contributed by atoms with Gasteiger partial charge in [-0.25, -0.2) is 0 Å². The number of hydrogen-bond donors (Lipinski definition) is 2. The van der Waals surface area contributed by atoms with Gasteiger partial charge >= 0.3 is 0 Å². The number of phenols is 1. The molecule has 3 aromatic carbocycles. The fourth-order valence-electron chi connectivity index (χ4n) is 3.02. The molecule has 0 aromatic heterocycles. The molecule has 0 aliphatic rings. The van der Waals surface area contributed by atoms with Gasteiger partial charge in [-0.3, -0.25) is 4.79 Å². The molecule has 6 nitrogen and oxygen atoms in total. The number of amides is 1. The van der Waals surface area contributed by atoms with E-state index in [1.54, 1.807) is 30.3 Å². The molecule has 0 atom stereocenters. The third-order valence-electron chi connectivity index (χ3n) is 4.55. The SMILES string of the molecule is CCOc1cc(/C=C(\C#N)C(=O)Nc2ccc(O)cc2)ccc1OCc1cccc(C)c1. The summed E-state index contributed by atoms with van der Waals surface area (Å²) in [6.45, 7) is 4.75. The average molecular weight is 428 g/mol. The summed E-state index contributed by atoms with van der Waals surface area (Å²) in [7, 11) is 0. The van der Waals surface area contributed by atoms with Gasteiger partial charge < -0.3 is 19.9 Å². The van der Waals surface area contributed by atoms with E-state index in [2.05, 4.69) is 11.4 Å². The van der Waals surface area contributed by atoms with E-state index in [0.29, 0.717) is 36.0 Å². The van der Waals surface area contributed by atoms with Gasteiger partial charge in [-0.05, 0) is 67.4 Å². The van der Waals surface area contributed by atoms with Crippen molar-refractivity contribution in [2.24, 2.45) is 0 Å². The number of nitriles is 1. The molecule has 0 fully saturated rings. The highest BCUT2D eigenvalue weighted by Gasteiger charge is 2.12. The number of ether oxygens (including phenoxy) is 2. The number of benzene rings is 3. The average Bonchev–Trinajstić information content (AvgIpc) is 2.78. The van der Waals surface area contributed by atoms with Crippen LogP contribution < -0.4 is 14.8 Å². The van der Waals surface area contributed by atoms with Crippen LogP contribution in [0.1, 0.15) is 23.6 Å². The van der Waals surface area contributed by atoms with Gasteiger partial charge in [-0.2, -0.15) is 5.26 Å². The predicted molar refractivity (Wildman–Crippen MR) is 123 cm³/mol. The standard InChI is InChI=1S/C26H24N2O4/c1-3-31-25-15-19(7-12-24(25)32-17-20-6-4-5-18(2)13-20)14-21(16-27)26(30)28-22-8-10-23(29)11-9-22/h4-15,29H,3,17H2,1-2H3,(H,28,30)/b21-14+. The maximum absolute atomic E-state index is 12.5. The molecular formula is C26H24N2O4. The summed E-state index contributed by atoms with van der Waals surface area (Å²) in [5.74, 6) is 0.658. The maximum atomic E-state index is 12.5. The van der Waals surface area contributed by atoms with E-state index in [9.17, 15) is 15.2 Å². The van der Waals surface area contributed by atoms with E-state index in [4.69, 9.17) is 9.47 Å². The van der Waals surface area contributed by atoms with Crippen molar-refractivity contribution in [3.63, 3.8) is 0 Å². The van der Waals surface area contributed by atoms with Crippen molar-refractivity contribution in [3.05, 3.63) is 89.0 Å².